The van der Waals surface area contributed by atoms with Crippen molar-refractivity contribution in [2.45, 2.75) is 237 Å². The standard InChI is InChI=1S/C83H114N16O22S2/c1-4-5-6-19-72(110)94-82(85)87-28-9-13-50-37-69(107)64-18-12-31-99(64)80(118)53(41-74(112)113)39-70(108)75(47(3)101)95-79(117)52-33-56-43-98(97-96-56)30-11-17-60(65(103)40-54(81(119)120)32-48-21-24-57(102)25-22-48)91-78(116)51(23-26-71(84)109)36-66(104)61(34-55-42-89-59-16-8-7-15-58(55)59)92-76(114)49(14-10-29-88-83(86)121)35-67(105)63(93-77(50)115)45-123-122-44-62(68(106)38-52)90-73(111)27-20-46(2)100/h7-8,15-16,21-22,24-25,42-43,47,49-54,60-64,75,89,101-102H,4-6,9-14,17-20,23,26-41,44-45H2,1-3H3,(H2,84,109)(H,90,111)(H,91,116)(H,92,114)(H,93,115)(H,95,117)(H,112,113)(H,119,120)(H3,86,88,121)(H3,85,87,94,110)/t47-,49-,50-,51-,52-,53+,54-,60+,61+,62+,63+,64+,75+/m1/s1. The van der Waals surface area contributed by atoms with Crippen LogP contribution in [-0.4, -0.2) is 230 Å². The number of para-hydroxylation sites is 1. The molecule has 2 fully saturated rings. The summed E-state index contributed by atoms with van der Waals surface area (Å²) in [6.07, 6.45) is -5.35. The summed E-state index contributed by atoms with van der Waals surface area (Å²) in [5.41, 5.74) is 12.7. The Balaban J connectivity index is 1.41. The number of H-pyrrole nitrogens is 1. The summed E-state index contributed by atoms with van der Waals surface area (Å²) in [5, 5.41) is 81.0. The van der Waals surface area contributed by atoms with Gasteiger partial charge in [-0.05, 0) is 114 Å². The molecule has 0 spiro atoms. The van der Waals surface area contributed by atoms with E-state index in [-0.39, 0.29) is 132 Å². The number of carboxylic acids is 2. The minimum atomic E-state index is -1.91. The molecule has 3 aliphatic heterocycles. The summed E-state index contributed by atoms with van der Waals surface area (Å²) in [6, 6.07) is 2.02. The number of ketones is 7. The quantitative estimate of drug-likeness (QED) is 0.0154. The third-order valence-corrected chi connectivity index (χ3v) is 24.4. The van der Waals surface area contributed by atoms with Crippen LogP contribution in [0, 0.1) is 40.9 Å². The molecule has 4 bridgehead atoms. The Labute approximate surface area is 718 Å². The molecule has 0 aliphatic carbocycles. The number of aromatic nitrogens is 4. The number of Topliss-reactive ketones (excluding diaryl/α,β-unsaturated/α-hetero) is 7. The van der Waals surface area contributed by atoms with Crippen molar-refractivity contribution in [1.82, 2.24) is 67.4 Å². The summed E-state index contributed by atoms with van der Waals surface area (Å²) in [7, 11) is 1.78. The lowest BCUT2D eigenvalue weighted by Crippen LogP contribution is -2.52. The van der Waals surface area contributed by atoms with Crippen LogP contribution >= 0.6 is 21.6 Å². The number of urea groups is 1. The first-order chi connectivity index (χ1) is 58.5. The van der Waals surface area contributed by atoms with Gasteiger partial charge in [-0.1, -0.05) is 76.9 Å². The monoisotopic (exact) mass is 1750 g/mol. The van der Waals surface area contributed by atoms with Crippen LogP contribution in [0.1, 0.15) is 185 Å². The first-order valence-corrected chi connectivity index (χ1v) is 44.0. The van der Waals surface area contributed by atoms with Crippen molar-refractivity contribution in [1.29, 1.82) is 5.41 Å². The predicted molar refractivity (Wildman–Crippen MR) is 449 cm³/mol. The highest BCUT2D eigenvalue weighted by atomic mass is 33.1. The number of nitrogens with one attached hydrogen (secondary N) is 10. The fourth-order valence-electron chi connectivity index (χ4n) is 15.1. The van der Waals surface area contributed by atoms with E-state index in [1.165, 1.54) is 42.1 Å². The summed E-state index contributed by atoms with van der Waals surface area (Å²) < 4.78 is 1.27. The highest BCUT2D eigenvalue weighted by Gasteiger charge is 2.43. The molecule has 2 aromatic carbocycles. The van der Waals surface area contributed by atoms with Gasteiger partial charge in [0.1, 0.15) is 17.6 Å². The molecule has 0 radical (unpaired) electrons. The van der Waals surface area contributed by atoms with Crippen LogP contribution in [0.4, 0.5) is 4.79 Å². The number of aliphatic hydroxyl groups excluding tert-OH is 1. The number of benzene rings is 2. The maximum Gasteiger partial charge on any atom is 0.312 e. The van der Waals surface area contributed by atoms with Crippen LogP contribution in [0.2, 0.25) is 0 Å². The molecule has 38 nitrogen and oxygen atoms in total. The van der Waals surface area contributed by atoms with Gasteiger partial charge in [-0.2, -0.15) is 0 Å². The Morgan fingerprint density at radius 3 is 1.99 bits per heavy atom. The van der Waals surface area contributed by atoms with E-state index in [1.54, 1.807) is 30.5 Å². The van der Waals surface area contributed by atoms with Gasteiger partial charge in [0.2, 0.25) is 47.3 Å². The number of aryl methyl sites for hydroxylation is 1. The number of carboxylic acid groups (broad SMARTS) is 2. The van der Waals surface area contributed by atoms with Gasteiger partial charge in [0.15, 0.2) is 40.7 Å². The largest absolute Gasteiger partial charge is 0.508 e. The molecular formula is C83H114N16O22S2. The number of rotatable bonds is 30. The normalized spacial score (nSPS) is 23.1. The summed E-state index contributed by atoms with van der Waals surface area (Å²) in [4.78, 5) is 261. The van der Waals surface area contributed by atoms with Crippen molar-refractivity contribution in [3.63, 3.8) is 0 Å². The molecule has 13 atom stereocenters. The molecule has 10 amide bonds. The molecule has 40 heteroatoms. The fraction of sp³-hybridized carbons (Fsp3) is 0.578. The van der Waals surface area contributed by atoms with Crippen LogP contribution in [0.25, 0.3) is 10.9 Å². The molecule has 2 aromatic heterocycles. The van der Waals surface area contributed by atoms with Crippen LogP contribution in [-0.2, 0) is 107 Å². The molecule has 7 rings (SSSR count). The molecule has 123 heavy (non-hydrogen) atoms. The second-order valence-electron chi connectivity index (χ2n) is 31.8. The number of aliphatic hydroxyl groups is 1. The van der Waals surface area contributed by atoms with Gasteiger partial charge in [0.05, 0.1) is 66.2 Å². The van der Waals surface area contributed by atoms with E-state index in [9.17, 15) is 68.4 Å². The molecule has 3 aliphatic rings. The number of aromatic amines is 1. The topological polar surface area (TPSA) is 610 Å². The second kappa shape index (κ2) is 49.7. The number of carbonyl (C=O) groups is 18. The SMILES string of the molecule is CCCCCC(=O)NC(=N)NCCC[C@@H]1CC(=O)[C@@H]2CCCN2C(=O)[C@H](CC(=O)O)CC(=O)[C@H]([C@@H](C)O)NC(=O)[C@H]2CC(=O)[C@@H](NC(=O)CCC(C)=O)CSSC[C@H](NC1=O)C(=O)C[C@@H](CCCNC(N)=O)C(=O)N[C@@H](Cc1c[nH]c3ccccc13)C(=O)C[C@@H](CCC(N)=O)C(=O)N[C@H](C(=O)C[C@@H](Cc1ccc(O)cc1)C(=O)O)CCCn1cc(nn1)C2. The fourth-order valence-corrected chi connectivity index (χ4v) is 17.5. The van der Waals surface area contributed by atoms with Gasteiger partial charge >= 0.3 is 18.0 Å². The summed E-state index contributed by atoms with van der Waals surface area (Å²) in [6.45, 7) is 3.82. The number of carbonyl (C=O) groups excluding carboxylic acids is 16. The average molecular weight is 1750 g/mol. The van der Waals surface area contributed by atoms with E-state index < -0.39 is 254 Å². The number of phenols is 1. The molecular weight excluding hydrogens is 1640 g/mol. The minimum Gasteiger partial charge on any atom is -0.508 e. The van der Waals surface area contributed by atoms with Crippen molar-refractivity contribution in [2.75, 3.05) is 31.1 Å². The highest BCUT2D eigenvalue weighted by molar-refractivity contribution is 8.76. The summed E-state index contributed by atoms with van der Waals surface area (Å²) >= 11 is 0. The van der Waals surface area contributed by atoms with E-state index in [0.29, 0.717) is 28.5 Å². The zero-order valence-electron chi connectivity index (χ0n) is 69.3. The smallest absolute Gasteiger partial charge is 0.312 e. The van der Waals surface area contributed by atoms with Gasteiger partial charge in [-0.3, -0.25) is 92.1 Å². The first kappa shape index (κ1) is 98.8. The Morgan fingerprint density at radius 1 is 0.667 bits per heavy atom. The molecule has 4 aromatic rings. The molecule has 0 saturated carbocycles. The van der Waals surface area contributed by atoms with Crippen molar-refractivity contribution in [2.24, 2.45) is 47.0 Å². The lowest BCUT2D eigenvalue weighted by molar-refractivity contribution is -0.148. The molecule has 2 saturated heterocycles. The van der Waals surface area contributed by atoms with Gasteiger partial charge < -0.3 is 83.8 Å². The first-order valence-electron chi connectivity index (χ1n) is 41.6. The van der Waals surface area contributed by atoms with Crippen LogP contribution in [0.5, 0.6) is 5.75 Å². The zero-order chi connectivity index (χ0) is 90.0. The van der Waals surface area contributed by atoms with Crippen LogP contribution < -0.4 is 54.0 Å². The zero-order valence-corrected chi connectivity index (χ0v) is 70.9. The number of primary amides is 2. The van der Waals surface area contributed by atoms with E-state index in [2.05, 4.69) is 57.8 Å². The number of aromatic hydroxyl groups is 1. The second-order valence-corrected chi connectivity index (χ2v) is 34.3. The third kappa shape index (κ3) is 32.8. The van der Waals surface area contributed by atoms with Gasteiger partial charge in [-0.15, -0.1) is 5.10 Å². The summed E-state index contributed by atoms with van der Waals surface area (Å²) in [5.74, 6) is -25.9. The number of aliphatic carboxylic acids is 2. The average Bonchev–Trinajstić information content (AvgIpc) is 1.75. The van der Waals surface area contributed by atoms with Crippen molar-refractivity contribution >= 4 is 144 Å². The maximum absolute atomic E-state index is 15.7. The van der Waals surface area contributed by atoms with Crippen LogP contribution in [0.3, 0.4) is 0 Å². The van der Waals surface area contributed by atoms with Gasteiger partial charge in [0, 0.05) is 156 Å². The molecule has 18 N–H and O–H groups in total. The lowest BCUT2D eigenvalue weighted by Gasteiger charge is -2.30. The minimum absolute atomic E-state index is 0.00280. The number of hydrogen-bond donors (Lipinski definition) is 16. The number of amides is 10. The molecule has 0 unspecified atom stereocenters. The number of fused-ring (bicyclic) bond motifs is 12. The number of nitrogens with two attached hydrogens (primary N) is 2. The van der Waals surface area contributed by atoms with E-state index >= 15 is 38.4 Å². The predicted octanol–water partition coefficient (Wildman–Crippen LogP) is 2.57. The number of hydrogen-bond acceptors (Lipinski definition) is 25. The number of nitrogens with zero attached hydrogens (tertiary/aromatic N) is 4. The lowest BCUT2D eigenvalue weighted by atomic mass is 9.88. The number of unbranched alkanes of at least 4 members (excludes halogenated alkanes) is 2. The molecule has 5 heterocycles. The van der Waals surface area contributed by atoms with E-state index in [4.69, 9.17) is 16.9 Å². The number of phenolic OH excluding ortho intramolecular Hbond substituents is 1. The van der Waals surface area contributed by atoms with Crippen molar-refractivity contribution < 1.29 is 107 Å². The van der Waals surface area contributed by atoms with Crippen molar-refractivity contribution in [3.8, 4) is 5.75 Å². The molecule has 670 valence electrons. The van der Waals surface area contributed by atoms with Crippen LogP contribution in [0.15, 0.2) is 60.9 Å². The van der Waals surface area contributed by atoms with E-state index in [0.717, 1.165) is 46.3 Å². The van der Waals surface area contributed by atoms with E-state index in [1.807, 2.05) is 6.92 Å². The number of guanidine groups is 1. The Morgan fingerprint density at radius 2 is 1.32 bits per heavy atom. The third-order valence-electron chi connectivity index (χ3n) is 21.9. The Bertz CT molecular complexity index is 4460. The Kier molecular flexibility index (Phi) is 39.9. The van der Waals surface area contributed by atoms with Gasteiger partial charge in [-0.25, -0.2) is 4.79 Å². The highest BCUT2D eigenvalue weighted by Crippen LogP contribution is 2.32. The van der Waals surface area contributed by atoms with Crippen molar-refractivity contribution in [3.05, 3.63) is 77.7 Å². The Hall–Kier alpha value is -11.3. The van der Waals surface area contributed by atoms with Gasteiger partial charge in [0.25, 0.3) is 0 Å². The maximum atomic E-state index is 15.7.